The largest absolute Gasteiger partial charge is 0.418 e. The molecule has 0 bridgehead atoms. The summed E-state index contributed by atoms with van der Waals surface area (Å²) in [6.45, 7) is -0.0953. The van der Waals surface area contributed by atoms with E-state index in [0.29, 0.717) is 11.5 Å². The predicted octanol–water partition coefficient (Wildman–Crippen LogP) is 2.56. The molecular formula is C14H12FN3O3S2. The minimum Gasteiger partial charge on any atom is -0.418 e. The highest BCUT2D eigenvalue weighted by Gasteiger charge is 2.15. The molecule has 0 saturated carbocycles. The first-order chi connectivity index (χ1) is 11.0. The summed E-state index contributed by atoms with van der Waals surface area (Å²) < 4.78 is 44.6. The van der Waals surface area contributed by atoms with Crippen LogP contribution in [0.5, 0.6) is 0 Å². The molecule has 0 aliphatic heterocycles. The molecule has 6 nitrogen and oxygen atoms in total. The molecule has 2 aromatic heterocycles. The van der Waals surface area contributed by atoms with Crippen LogP contribution in [0.4, 0.5) is 4.39 Å². The molecule has 3 aromatic rings. The number of halogens is 1. The minimum atomic E-state index is -3.59. The normalized spacial score (nSPS) is 11.7. The van der Waals surface area contributed by atoms with Crippen molar-refractivity contribution in [3.63, 3.8) is 0 Å². The summed E-state index contributed by atoms with van der Waals surface area (Å²) in [6, 6.07) is 8.98. The van der Waals surface area contributed by atoms with Crippen molar-refractivity contribution in [2.45, 2.75) is 12.3 Å². The van der Waals surface area contributed by atoms with Gasteiger partial charge in [0.1, 0.15) is 5.82 Å². The van der Waals surface area contributed by atoms with Gasteiger partial charge in [0, 0.05) is 0 Å². The van der Waals surface area contributed by atoms with Crippen LogP contribution in [-0.2, 0) is 22.3 Å². The molecule has 23 heavy (non-hydrogen) atoms. The van der Waals surface area contributed by atoms with Gasteiger partial charge in [-0.2, -0.15) is 0 Å². The van der Waals surface area contributed by atoms with E-state index in [1.54, 1.807) is 0 Å². The van der Waals surface area contributed by atoms with E-state index in [9.17, 15) is 12.8 Å². The zero-order valence-electron chi connectivity index (χ0n) is 11.8. The number of rotatable bonds is 6. The molecule has 0 amide bonds. The van der Waals surface area contributed by atoms with Gasteiger partial charge in [0.25, 0.3) is 5.89 Å². The lowest BCUT2D eigenvalue weighted by atomic mass is 10.2. The summed E-state index contributed by atoms with van der Waals surface area (Å²) in [4.78, 5) is 0.818. The Bertz CT molecular complexity index is 874. The number of hydrogen-bond acceptors (Lipinski definition) is 6. The third-order valence-electron chi connectivity index (χ3n) is 2.91. The van der Waals surface area contributed by atoms with Crippen molar-refractivity contribution in [3.8, 4) is 10.8 Å². The van der Waals surface area contributed by atoms with Gasteiger partial charge in [-0.15, -0.1) is 21.5 Å². The molecule has 0 unspecified atom stereocenters. The summed E-state index contributed by atoms with van der Waals surface area (Å²) in [7, 11) is -3.59. The van der Waals surface area contributed by atoms with Crippen molar-refractivity contribution in [1.29, 1.82) is 0 Å². The van der Waals surface area contributed by atoms with E-state index in [2.05, 4.69) is 14.9 Å². The topological polar surface area (TPSA) is 85.1 Å². The van der Waals surface area contributed by atoms with Crippen LogP contribution in [0.3, 0.4) is 0 Å². The second-order valence-corrected chi connectivity index (χ2v) is 7.44. The number of sulfonamides is 1. The number of nitrogens with zero attached hydrogens (tertiary/aromatic N) is 2. The standard InChI is InChI=1S/C14H12FN3O3S2/c15-11-5-3-10(4-6-11)9-23(19,20)16-8-13-17-18-14(21-13)12-2-1-7-22-12/h1-7,16H,8-9H2. The van der Waals surface area contributed by atoms with E-state index in [1.165, 1.54) is 35.6 Å². The quantitative estimate of drug-likeness (QED) is 0.736. The first kappa shape index (κ1) is 15.8. The first-order valence-corrected chi connectivity index (χ1v) is 9.13. The van der Waals surface area contributed by atoms with Crippen molar-refractivity contribution < 1.29 is 17.2 Å². The van der Waals surface area contributed by atoms with E-state index in [-0.39, 0.29) is 18.2 Å². The Morgan fingerprint density at radius 1 is 1.17 bits per heavy atom. The van der Waals surface area contributed by atoms with Crippen molar-refractivity contribution in [2.24, 2.45) is 0 Å². The van der Waals surface area contributed by atoms with E-state index in [0.717, 1.165) is 4.88 Å². The predicted molar refractivity (Wildman–Crippen MR) is 83.5 cm³/mol. The summed E-state index contributed by atoms with van der Waals surface area (Å²) in [5.74, 6) is -0.131. The number of nitrogens with one attached hydrogen (secondary N) is 1. The van der Waals surface area contributed by atoms with Crippen LogP contribution < -0.4 is 4.72 Å². The second-order valence-electron chi connectivity index (χ2n) is 4.68. The molecule has 9 heteroatoms. The van der Waals surface area contributed by atoms with Gasteiger partial charge in [-0.05, 0) is 29.1 Å². The lowest BCUT2D eigenvalue weighted by Crippen LogP contribution is -2.24. The summed E-state index contributed by atoms with van der Waals surface area (Å²) in [5.41, 5.74) is 0.490. The Morgan fingerprint density at radius 2 is 1.96 bits per heavy atom. The number of hydrogen-bond donors (Lipinski definition) is 1. The molecule has 1 N–H and O–H groups in total. The van der Waals surface area contributed by atoms with Crippen LogP contribution >= 0.6 is 11.3 Å². The fraction of sp³-hybridized carbons (Fsp3) is 0.143. The van der Waals surface area contributed by atoms with Crippen LogP contribution in [0.2, 0.25) is 0 Å². The number of aromatic nitrogens is 2. The molecule has 0 aliphatic carbocycles. The van der Waals surface area contributed by atoms with Crippen LogP contribution in [-0.4, -0.2) is 18.6 Å². The molecule has 0 aliphatic rings. The molecule has 0 atom stereocenters. The fourth-order valence-corrected chi connectivity index (χ4v) is 3.57. The van der Waals surface area contributed by atoms with E-state index in [1.807, 2.05) is 17.5 Å². The van der Waals surface area contributed by atoms with Crippen LogP contribution in [0.25, 0.3) is 10.8 Å². The van der Waals surface area contributed by atoms with Crippen LogP contribution in [0.15, 0.2) is 46.2 Å². The third kappa shape index (κ3) is 4.21. The summed E-state index contributed by atoms with van der Waals surface area (Å²) in [5, 5.41) is 9.56. The highest BCUT2D eigenvalue weighted by Crippen LogP contribution is 2.22. The molecule has 0 saturated heterocycles. The third-order valence-corrected chi connectivity index (χ3v) is 5.07. The van der Waals surface area contributed by atoms with Gasteiger partial charge in [0.05, 0.1) is 17.2 Å². The minimum absolute atomic E-state index is 0.0953. The van der Waals surface area contributed by atoms with Crippen LogP contribution in [0, 0.1) is 5.82 Å². The number of thiophene rings is 1. The maximum atomic E-state index is 12.8. The molecule has 120 valence electrons. The molecule has 0 fully saturated rings. The fourth-order valence-electron chi connectivity index (χ4n) is 1.85. The van der Waals surface area contributed by atoms with Crippen molar-refractivity contribution >= 4 is 21.4 Å². The van der Waals surface area contributed by atoms with Crippen molar-refractivity contribution in [1.82, 2.24) is 14.9 Å². The van der Waals surface area contributed by atoms with Gasteiger partial charge in [-0.1, -0.05) is 18.2 Å². The monoisotopic (exact) mass is 353 g/mol. The SMILES string of the molecule is O=S(=O)(Cc1ccc(F)cc1)NCc1nnc(-c2cccs2)o1. The van der Waals surface area contributed by atoms with Crippen LogP contribution in [0.1, 0.15) is 11.5 Å². The zero-order valence-corrected chi connectivity index (χ0v) is 13.4. The van der Waals surface area contributed by atoms with Gasteiger partial charge in [0.2, 0.25) is 15.9 Å². The van der Waals surface area contributed by atoms with Crippen molar-refractivity contribution in [3.05, 3.63) is 59.0 Å². The van der Waals surface area contributed by atoms with E-state index in [4.69, 9.17) is 4.42 Å². The lowest BCUT2D eigenvalue weighted by molar-refractivity contribution is 0.495. The second kappa shape index (κ2) is 6.57. The van der Waals surface area contributed by atoms with Crippen molar-refractivity contribution in [2.75, 3.05) is 0 Å². The maximum Gasteiger partial charge on any atom is 0.257 e. The molecule has 3 rings (SSSR count). The Kier molecular flexibility index (Phi) is 4.51. The van der Waals surface area contributed by atoms with Gasteiger partial charge in [-0.25, -0.2) is 17.5 Å². The molecule has 1 aromatic carbocycles. The van der Waals surface area contributed by atoms with Gasteiger partial charge in [-0.3, -0.25) is 0 Å². The smallest absolute Gasteiger partial charge is 0.257 e. The molecule has 0 radical (unpaired) electrons. The average molecular weight is 353 g/mol. The van der Waals surface area contributed by atoms with Gasteiger partial charge in [0.15, 0.2) is 0 Å². The Morgan fingerprint density at radius 3 is 2.65 bits per heavy atom. The number of benzene rings is 1. The van der Waals surface area contributed by atoms with Gasteiger partial charge >= 0.3 is 0 Å². The van der Waals surface area contributed by atoms with E-state index < -0.39 is 15.8 Å². The first-order valence-electron chi connectivity index (χ1n) is 6.60. The Labute approximate surface area is 136 Å². The summed E-state index contributed by atoms with van der Waals surface area (Å²) >= 11 is 1.45. The Hall–Kier alpha value is -2.10. The molecule has 0 spiro atoms. The highest BCUT2D eigenvalue weighted by atomic mass is 32.2. The average Bonchev–Trinajstić information content (AvgIpc) is 3.18. The molecular weight excluding hydrogens is 341 g/mol. The molecule has 2 heterocycles. The summed E-state index contributed by atoms with van der Waals surface area (Å²) in [6.07, 6.45) is 0. The Balaban J connectivity index is 1.62. The lowest BCUT2D eigenvalue weighted by Gasteiger charge is -2.04. The van der Waals surface area contributed by atoms with Gasteiger partial charge < -0.3 is 4.42 Å². The maximum absolute atomic E-state index is 12.8. The van der Waals surface area contributed by atoms with E-state index >= 15 is 0 Å². The highest BCUT2D eigenvalue weighted by molar-refractivity contribution is 7.88. The zero-order chi connectivity index (χ0) is 16.3.